The first-order valence-corrected chi connectivity index (χ1v) is 12.2. The molecule has 9 heteroatoms. The van der Waals surface area contributed by atoms with Crippen molar-refractivity contribution in [2.24, 2.45) is 0 Å². The van der Waals surface area contributed by atoms with Crippen LogP contribution in [0.25, 0.3) is 5.57 Å². The van der Waals surface area contributed by atoms with Gasteiger partial charge in [-0.05, 0) is 83.8 Å². The standard InChI is InChI=1S/C31H25F3N2O4/c1-22-19-27(12-13-29(22)40-21-30(37)38)39-18-14-28(25-6-2-7-26(20-25)31(32,33)34)24-10-8-23(9-11-24)5-3-16-36-17-4-15-35-36/h2,4,6-15,17,19-20H,16,18,21H2,1H3,(H,37,38)/b28-14+. The molecule has 0 aliphatic carbocycles. The Kier molecular flexibility index (Phi) is 8.92. The third-order valence-electron chi connectivity index (χ3n) is 5.76. The first kappa shape index (κ1) is 28.0. The molecule has 0 saturated carbocycles. The Morgan fingerprint density at radius 1 is 1.02 bits per heavy atom. The molecule has 0 bridgehead atoms. The Balaban J connectivity index is 1.56. The van der Waals surface area contributed by atoms with E-state index in [1.54, 1.807) is 48.1 Å². The number of ether oxygens (including phenoxy) is 2. The van der Waals surface area contributed by atoms with Gasteiger partial charge in [-0.3, -0.25) is 4.68 Å². The van der Waals surface area contributed by atoms with Gasteiger partial charge < -0.3 is 14.6 Å². The van der Waals surface area contributed by atoms with E-state index >= 15 is 0 Å². The molecule has 0 fully saturated rings. The number of hydrogen-bond acceptors (Lipinski definition) is 4. The Bertz CT molecular complexity index is 1550. The number of carboxylic acids is 1. The Hall–Kier alpha value is -4.97. The second-order valence-electron chi connectivity index (χ2n) is 8.70. The first-order valence-electron chi connectivity index (χ1n) is 12.2. The van der Waals surface area contributed by atoms with Gasteiger partial charge in [0.1, 0.15) is 24.7 Å². The van der Waals surface area contributed by atoms with Crippen molar-refractivity contribution in [1.82, 2.24) is 9.78 Å². The van der Waals surface area contributed by atoms with Crippen molar-refractivity contribution in [2.45, 2.75) is 19.6 Å². The number of nitrogens with zero attached hydrogens (tertiary/aromatic N) is 2. The van der Waals surface area contributed by atoms with Crippen LogP contribution in [0, 0.1) is 18.8 Å². The quantitative estimate of drug-likeness (QED) is 0.252. The molecule has 1 aromatic heterocycles. The van der Waals surface area contributed by atoms with E-state index in [1.165, 1.54) is 6.07 Å². The van der Waals surface area contributed by atoms with Gasteiger partial charge in [0.2, 0.25) is 0 Å². The molecule has 0 unspecified atom stereocenters. The number of carboxylic acid groups (broad SMARTS) is 1. The van der Waals surface area contributed by atoms with Crippen LogP contribution in [0.5, 0.6) is 11.5 Å². The molecule has 40 heavy (non-hydrogen) atoms. The number of carbonyl (C=O) groups is 1. The van der Waals surface area contributed by atoms with E-state index in [2.05, 4.69) is 16.9 Å². The molecule has 0 aliphatic rings. The highest BCUT2D eigenvalue weighted by molar-refractivity contribution is 5.80. The predicted octanol–water partition coefficient (Wildman–Crippen LogP) is 6.24. The van der Waals surface area contributed by atoms with Gasteiger partial charge in [-0.15, -0.1) is 0 Å². The first-order chi connectivity index (χ1) is 19.2. The van der Waals surface area contributed by atoms with E-state index in [4.69, 9.17) is 14.6 Å². The fraction of sp³-hybridized carbons (Fsp3) is 0.161. The van der Waals surface area contributed by atoms with Gasteiger partial charge in [-0.2, -0.15) is 18.3 Å². The van der Waals surface area contributed by atoms with Crippen LogP contribution in [0.2, 0.25) is 0 Å². The Morgan fingerprint density at radius 3 is 2.50 bits per heavy atom. The van der Waals surface area contributed by atoms with Crippen LogP contribution >= 0.6 is 0 Å². The van der Waals surface area contributed by atoms with Crippen molar-refractivity contribution < 1.29 is 32.5 Å². The molecule has 0 saturated heterocycles. The summed E-state index contributed by atoms with van der Waals surface area (Å²) in [5.74, 6) is 5.94. The zero-order valence-electron chi connectivity index (χ0n) is 21.5. The van der Waals surface area contributed by atoms with Crippen molar-refractivity contribution in [2.75, 3.05) is 13.2 Å². The van der Waals surface area contributed by atoms with Gasteiger partial charge in [0.05, 0.1) is 5.56 Å². The summed E-state index contributed by atoms with van der Waals surface area (Å²) in [5.41, 5.74) is 2.37. The molecule has 1 N–H and O–H groups in total. The zero-order chi connectivity index (χ0) is 28.5. The molecule has 0 atom stereocenters. The van der Waals surface area contributed by atoms with Gasteiger partial charge in [-0.1, -0.05) is 36.1 Å². The zero-order valence-corrected chi connectivity index (χ0v) is 21.5. The summed E-state index contributed by atoms with van der Waals surface area (Å²) in [7, 11) is 0. The molecule has 4 rings (SSSR count). The third kappa shape index (κ3) is 7.77. The van der Waals surface area contributed by atoms with E-state index in [0.717, 1.165) is 17.7 Å². The number of hydrogen-bond donors (Lipinski definition) is 1. The molecule has 0 radical (unpaired) electrons. The lowest BCUT2D eigenvalue weighted by Crippen LogP contribution is -2.10. The summed E-state index contributed by atoms with van der Waals surface area (Å²) < 4.78 is 53.1. The minimum absolute atomic E-state index is 0.0752. The molecule has 4 aromatic rings. The molecular formula is C31H25F3N2O4. The molecular weight excluding hydrogens is 521 g/mol. The van der Waals surface area contributed by atoms with Gasteiger partial charge in [0.15, 0.2) is 6.61 Å². The maximum absolute atomic E-state index is 13.4. The summed E-state index contributed by atoms with van der Waals surface area (Å²) in [5, 5.41) is 12.9. The van der Waals surface area contributed by atoms with Crippen LogP contribution in [0.15, 0.2) is 91.3 Å². The van der Waals surface area contributed by atoms with Crippen molar-refractivity contribution in [1.29, 1.82) is 0 Å². The number of rotatable bonds is 9. The van der Waals surface area contributed by atoms with E-state index in [1.807, 2.05) is 36.5 Å². The second kappa shape index (κ2) is 12.7. The monoisotopic (exact) mass is 546 g/mol. The number of aryl methyl sites for hydroxylation is 1. The summed E-state index contributed by atoms with van der Waals surface area (Å²) in [4.78, 5) is 10.7. The van der Waals surface area contributed by atoms with Crippen LogP contribution < -0.4 is 9.47 Å². The van der Waals surface area contributed by atoms with Crippen LogP contribution in [0.4, 0.5) is 13.2 Å². The van der Waals surface area contributed by atoms with E-state index in [-0.39, 0.29) is 6.61 Å². The number of aliphatic carboxylic acids is 1. The Morgan fingerprint density at radius 2 is 1.82 bits per heavy atom. The maximum atomic E-state index is 13.4. The molecule has 6 nitrogen and oxygen atoms in total. The minimum atomic E-state index is -4.48. The van der Waals surface area contributed by atoms with Crippen LogP contribution in [0.1, 0.15) is 27.8 Å². The largest absolute Gasteiger partial charge is 0.489 e. The predicted molar refractivity (Wildman–Crippen MR) is 144 cm³/mol. The molecule has 0 aliphatic heterocycles. The topological polar surface area (TPSA) is 73.6 Å². The van der Waals surface area contributed by atoms with E-state index < -0.39 is 24.3 Å². The van der Waals surface area contributed by atoms with Crippen LogP contribution in [-0.4, -0.2) is 34.1 Å². The smallest absolute Gasteiger partial charge is 0.416 e. The van der Waals surface area contributed by atoms with Gasteiger partial charge >= 0.3 is 12.1 Å². The number of aromatic nitrogens is 2. The summed E-state index contributed by atoms with van der Waals surface area (Å²) in [6.07, 6.45) is 0.732. The van der Waals surface area contributed by atoms with Crippen molar-refractivity contribution in [3.05, 3.63) is 119 Å². The molecule has 1 heterocycles. The average Bonchev–Trinajstić information content (AvgIpc) is 3.44. The lowest BCUT2D eigenvalue weighted by Gasteiger charge is -2.13. The van der Waals surface area contributed by atoms with E-state index in [9.17, 15) is 18.0 Å². The van der Waals surface area contributed by atoms with Gasteiger partial charge in [0, 0.05) is 18.0 Å². The SMILES string of the molecule is Cc1cc(OC/C=C(\c2ccc(C#CCn3cccn3)cc2)c2cccc(C(F)(F)F)c2)ccc1OCC(=O)O. The third-order valence-corrected chi connectivity index (χ3v) is 5.76. The second-order valence-corrected chi connectivity index (χ2v) is 8.70. The van der Waals surface area contributed by atoms with Crippen LogP contribution in [-0.2, 0) is 17.5 Å². The number of halogens is 3. The molecule has 204 valence electrons. The summed E-state index contributed by atoms with van der Waals surface area (Å²) >= 11 is 0. The average molecular weight is 547 g/mol. The normalized spacial score (nSPS) is 11.4. The van der Waals surface area contributed by atoms with Gasteiger partial charge in [-0.25, -0.2) is 4.79 Å². The summed E-state index contributed by atoms with van der Waals surface area (Å²) in [6, 6.07) is 19.1. The fourth-order valence-electron chi connectivity index (χ4n) is 3.85. The minimum Gasteiger partial charge on any atom is -0.489 e. The van der Waals surface area contributed by atoms with Crippen molar-refractivity contribution in [3.8, 4) is 23.3 Å². The Labute approximate surface area is 229 Å². The summed E-state index contributed by atoms with van der Waals surface area (Å²) in [6.45, 7) is 1.81. The highest BCUT2D eigenvalue weighted by atomic mass is 19.4. The molecule has 0 spiro atoms. The van der Waals surface area contributed by atoms with Crippen molar-refractivity contribution in [3.63, 3.8) is 0 Å². The van der Waals surface area contributed by atoms with Crippen LogP contribution in [0.3, 0.4) is 0 Å². The number of alkyl halides is 3. The van der Waals surface area contributed by atoms with Crippen molar-refractivity contribution >= 4 is 11.5 Å². The maximum Gasteiger partial charge on any atom is 0.416 e. The lowest BCUT2D eigenvalue weighted by atomic mass is 9.95. The molecule has 0 amide bonds. The van der Waals surface area contributed by atoms with E-state index in [0.29, 0.717) is 40.3 Å². The molecule has 3 aromatic carbocycles. The number of benzene rings is 3. The lowest BCUT2D eigenvalue weighted by molar-refractivity contribution is -0.139. The van der Waals surface area contributed by atoms with Gasteiger partial charge in [0.25, 0.3) is 0 Å². The fourth-order valence-corrected chi connectivity index (χ4v) is 3.85. The highest BCUT2D eigenvalue weighted by Crippen LogP contribution is 2.33. The highest BCUT2D eigenvalue weighted by Gasteiger charge is 2.30.